The van der Waals surface area contributed by atoms with Gasteiger partial charge >= 0.3 is 0 Å². The van der Waals surface area contributed by atoms with Gasteiger partial charge in [-0.1, -0.05) is 0 Å². The molecule has 19 heavy (non-hydrogen) atoms. The van der Waals surface area contributed by atoms with E-state index in [0.717, 1.165) is 31.7 Å². The fourth-order valence-corrected chi connectivity index (χ4v) is 2.54. The zero-order valence-electron chi connectivity index (χ0n) is 10.4. The fraction of sp³-hybridized carbons (Fsp3) is 0.583. The fourth-order valence-electron chi connectivity index (χ4n) is 2.54. The second-order valence-electron chi connectivity index (χ2n) is 4.73. The van der Waals surface area contributed by atoms with Gasteiger partial charge in [-0.25, -0.2) is 4.98 Å². The number of anilines is 1. The number of ether oxygens (including phenoxy) is 2. The van der Waals surface area contributed by atoms with Gasteiger partial charge in [-0.2, -0.15) is 0 Å². The van der Waals surface area contributed by atoms with Crippen LogP contribution >= 0.6 is 0 Å². The number of nitrogens with zero attached hydrogens (tertiary/aromatic N) is 3. The Morgan fingerprint density at radius 2 is 1.95 bits per heavy atom. The molecular formula is C12H15N3O4. The summed E-state index contributed by atoms with van der Waals surface area (Å²) in [6.45, 7) is 2.89. The molecule has 2 fully saturated rings. The molecule has 102 valence electrons. The topological polar surface area (TPSA) is 77.7 Å². The van der Waals surface area contributed by atoms with Gasteiger partial charge in [0, 0.05) is 32.0 Å². The van der Waals surface area contributed by atoms with Crippen molar-refractivity contribution < 1.29 is 14.4 Å². The van der Waals surface area contributed by atoms with Crippen molar-refractivity contribution in [3.05, 3.63) is 28.4 Å². The third-order valence-electron chi connectivity index (χ3n) is 3.61. The molecule has 0 bridgehead atoms. The molecule has 0 unspecified atom stereocenters. The van der Waals surface area contributed by atoms with Crippen LogP contribution in [0.5, 0.6) is 0 Å². The van der Waals surface area contributed by atoms with E-state index < -0.39 is 10.7 Å². The van der Waals surface area contributed by atoms with E-state index in [1.54, 1.807) is 6.07 Å². The Morgan fingerprint density at radius 1 is 1.26 bits per heavy atom. The molecule has 0 aromatic carbocycles. The van der Waals surface area contributed by atoms with E-state index in [-0.39, 0.29) is 5.69 Å². The van der Waals surface area contributed by atoms with Crippen LogP contribution in [-0.2, 0) is 9.47 Å². The Balaban J connectivity index is 1.66. The first kappa shape index (κ1) is 12.3. The van der Waals surface area contributed by atoms with Crippen molar-refractivity contribution in [1.29, 1.82) is 0 Å². The average molecular weight is 265 g/mol. The Morgan fingerprint density at radius 3 is 2.47 bits per heavy atom. The summed E-state index contributed by atoms with van der Waals surface area (Å²) in [7, 11) is 0. The Kier molecular flexibility index (Phi) is 3.08. The van der Waals surface area contributed by atoms with Gasteiger partial charge < -0.3 is 14.4 Å². The van der Waals surface area contributed by atoms with Crippen LogP contribution in [0.25, 0.3) is 0 Å². The van der Waals surface area contributed by atoms with E-state index in [1.807, 2.05) is 0 Å². The van der Waals surface area contributed by atoms with Crippen LogP contribution in [0.4, 0.5) is 11.5 Å². The maximum Gasteiger partial charge on any atom is 0.287 e. The Bertz CT molecular complexity index is 460. The molecule has 0 radical (unpaired) electrons. The number of aromatic nitrogens is 1. The molecule has 2 aliphatic heterocycles. The summed E-state index contributed by atoms with van der Waals surface area (Å²) in [6, 6.07) is 3.17. The van der Waals surface area contributed by atoms with Crippen LogP contribution in [0.2, 0.25) is 0 Å². The SMILES string of the molecule is O=[N+]([O-])c1ccc(N2CCC3(CC2)OCCO3)nc1. The predicted molar refractivity (Wildman–Crippen MR) is 67.0 cm³/mol. The summed E-state index contributed by atoms with van der Waals surface area (Å²) in [5, 5.41) is 10.6. The Hall–Kier alpha value is -1.73. The summed E-state index contributed by atoms with van der Waals surface area (Å²) in [4.78, 5) is 16.4. The maximum absolute atomic E-state index is 10.6. The van der Waals surface area contributed by atoms with Gasteiger partial charge in [-0.3, -0.25) is 10.1 Å². The molecular weight excluding hydrogens is 250 g/mol. The van der Waals surface area contributed by atoms with E-state index in [1.165, 1.54) is 12.3 Å². The molecule has 0 amide bonds. The third-order valence-corrected chi connectivity index (χ3v) is 3.61. The zero-order valence-corrected chi connectivity index (χ0v) is 10.4. The van der Waals surface area contributed by atoms with E-state index in [2.05, 4.69) is 9.88 Å². The highest BCUT2D eigenvalue weighted by Crippen LogP contribution is 2.32. The molecule has 1 aromatic heterocycles. The minimum Gasteiger partial charge on any atom is -0.356 e. The first-order valence-corrected chi connectivity index (χ1v) is 6.32. The lowest BCUT2D eigenvalue weighted by atomic mass is 10.0. The van der Waals surface area contributed by atoms with Gasteiger partial charge in [-0.05, 0) is 6.07 Å². The number of pyridine rings is 1. The number of hydrogen-bond acceptors (Lipinski definition) is 6. The third kappa shape index (κ3) is 2.39. The minimum absolute atomic E-state index is 0.0136. The molecule has 0 aliphatic carbocycles. The summed E-state index contributed by atoms with van der Waals surface area (Å²) in [5.41, 5.74) is 0.0136. The normalized spacial score (nSPS) is 21.8. The van der Waals surface area contributed by atoms with Crippen LogP contribution < -0.4 is 4.90 Å². The van der Waals surface area contributed by atoms with Crippen molar-refractivity contribution in [3.8, 4) is 0 Å². The molecule has 2 aliphatic rings. The molecule has 0 N–H and O–H groups in total. The second kappa shape index (κ2) is 4.75. The summed E-state index contributed by atoms with van der Waals surface area (Å²) in [5.74, 6) is 0.357. The molecule has 7 heteroatoms. The highest BCUT2D eigenvalue weighted by atomic mass is 16.7. The van der Waals surface area contributed by atoms with Gasteiger partial charge in [0.15, 0.2) is 5.79 Å². The number of rotatable bonds is 2. The Labute approximate surface area is 110 Å². The van der Waals surface area contributed by atoms with Crippen LogP contribution in [0.15, 0.2) is 18.3 Å². The van der Waals surface area contributed by atoms with Crippen LogP contribution in [0.3, 0.4) is 0 Å². The standard InChI is InChI=1S/C12H15N3O4/c16-15(17)10-1-2-11(13-9-10)14-5-3-12(4-6-14)18-7-8-19-12/h1-2,9H,3-8H2. The van der Waals surface area contributed by atoms with Crippen molar-refractivity contribution in [2.75, 3.05) is 31.2 Å². The van der Waals surface area contributed by atoms with Gasteiger partial charge in [0.25, 0.3) is 5.69 Å². The highest BCUT2D eigenvalue weighted by Gasteiger charge is 2.40. The maximum atomic E-state index is 10.6. The van der Waals surface area contributed by atoms with E-state index in [4.69, 9.17) is 9.47 Å². The summed E-state index contributed by atoms with van der Waals surface area (Å²) >= 11 is 0. The lowest BCUT2D eigenvalue weighted by Crippen LogP contribution is -2.45. The van der Waals surface area contributed by atoms with Crippen molar-refractivity contribution in [2.24, 2.45) is 0 Å². The monoisotopic (exact) mass is 265 g/mol. The largest absolute Gasteiger partial charge is 0.356 e. The lowest BCUT2D eigenvalue weighted by Gasteiger charge is -2.38. The smallest absolute Gasteiger partial charge is 0.287 e. The van der Waals surface area contributed by atoms with Crippen LogP contribution in [0, 0.1) is 10.1 Å². The van der Waals surface area contributed by atoms with Gasteiger partial charge in [0.2, 0.25) is 0 Å². The number of piperidine rings is 1. The number of hydrogen-bond donors (Lipinski definition) is 0. The highest BCUT2D eigenvalue weighted by molar-refractivity contribution is 5.43. The predicted octanol–water partition coefficient (Wildman–Crippen LogP) is 1.33. The molecule has 1 aromatic rings. The zero-order chi connectivity index (χ0) is 13.3. The minimum atomic E-state index is -0.442. The van der Waals surface area contributed by atoms with E-state index >= 15 is 0 Å². The second-order valence-corrected chi connectivity index (χ2v) is 4.73. The van der Waals surface area contributed by atoms with Crippen molar-refractivity contribution in [3.63, 3.8) is 0 Å². The van der Waals surface area contributed by atoms with Gasteiger partial charge in [0.05, 0.1) is 18.1 Å². The molecule has 7 nitrogen and oxygen atoms in total. The van der Waals surface area contributed by atoms with Crippen molar-refractivity contribution in [1.82, 2.24) is 4.98 Å². The van der Waals surface area contributed by atoms with Crippen LogP contribution in [0.1, 0.15) is 12.8 Å². The van der Waals surface area contributed by atoms with E-state index in [9.17, 15) is 10.1 Å². The first-order valence-electron chi connectivity index (χ1n) is 6.32. The lowest BCUT2D eigenvalue weighted by molar-refractivity contribution is -0.385. The van der Waals surface area contributed by atoms with E-state index in [0.29, 0.717) is 13.2 Å². The molecule has 3 rings (SSSR count). The van der Waals surface area contributed by atoms with Gasteiger partial charge in [-0.15, -0.1) is 0 Å². The average Bonchev–Trinajstić information content (AvgIpc) is 2.88. The van der Waals surface area contributed by atoms with Crippen LogP contribution in [-0.4, -0.2) is 42.0 Å². The summed E-state index contributed by atoms with van der Waals surface area (Å²) in [6.07, 6.45) is 2.89. The van der Waals surface area contributed by atoms with Crippen molar-refractivity contribution in [2.45, 2.75) is 18.6 Å². The van der Waals surface area contributed by atoms with Crippen molar-refractivity contribution >= 4 is 11.5 Å². The molecule has 1 spiro atoms. The number of nitro groups is 1. The molecule has 0 saturated carbocycles. The molecule has 3 heterocycles. The van der Waals surface area contributed by atoms with Gasteiger partial charge in [0.1, 0.15) is 12.0 Å². The molecule has 2 saturated heterocycles. The quantitative estimate of drug-likeness (QED) is 0.593. The summed E-state index contributed by atoms with van der Waals surface area (Å²) < 4.78 is 11.3. The molecule has 0 atom stereocenters. The first-order chi connectivity index (χ1) is 9.19.